The minimum atomic E-state index is -0.247. The second-order valence-corrected chi connectivity index (χ2v) is 6.99. The quantitative estimate of drug-likeness (QED) is 0.848. The predicted molar refractivity (Wildman–Crippen MR) is 92.4 cm³/mol. The normalized spacial score (nSPS) is 21.8. The van der Waals surface area contributed by atoms with E-state index in [0.29, 0.717) is 18.9 Å². The lowest BCUT2D eigenvalue weighted by molar-refractivity contribution is -0.117. The Kier molecular flexibility index (Phi) is 5.34. The smallest absolute Gasteiger partial charge is 0.227 e. The van der Waals surface area contributed by atoms with E-state index in [1.165, 1.54) is 18.4 Å². The van der Waals surface area contributed by atoms with Crippen LogP contribution in [0.15, 0.2) is 24.3 Å². The highest BCUT2D eigenvalue weighted by Gasteiger charge is 2.24. The number of hydrogen-bond acceptors (Lipinski definition) is 3. The molecule has 0 radical (unpaired) electrons. The van der Waals surface area contributed by atoms with E-state index in [1.807, 2.05) is 17.0 Å². The third-order valence-corrected chi connectivity index (χ3v) is 5.33. The molecule has 1 heterocycles. The Morgan fingerprint density at radius 1 is 1.30 bits per heavy atom. The minimum Gasteiger partial charge on any atom is -0.392 e. The van der Waals surface area contributed by atoms with Crippen LogP contribution in [0.4, 0.5) is 5.69 Å². The van der Waals surface area contributed by atoms with E-state index < -0.39 is 0 Å². The number of carbonyl (C=O) groups is 1. The fraction of sp³-hybridized carbons (Fsp3) is 0.632. The highest BCUT2D eigenvalue weighted by molar-refractivity contribution is 5.95. The second kappa shape index (κ2) is 7.45. The lowest BCUT2D eigenvalue weighted by Crippen LogP contribution is -2.33. The molecule has 2 unspecified atom stereocenters. The van der Waals surface area contributed by atoms with Crippen LogP contribution >= 0.6 is 0 Å². The molecule has 4 nitrogen and oxygen atoms in total. The fourth-order valence-corrected chi connectivity index (χ4v) is 3.81. The Morgan fingerprint density at radius 3 is 2.78 bits per heavy atom. The summed E-state index contributed by atoms with van der Waals surface area (Å²) in [7, 11) is 0. The van der Waals surface area contributed by atoms with Gasteiger partial charge in [0.1, 0.15) is 0 Å². The van der Waals surface area contributed by atoms with Crippen molar-refractivity contribution in [1.82, 2.24) is 5.32 Å². The average molecular weight is 316 g/mol. The summed E-state index contributed by atoms with van der Waals surface area (Å²) in [6.45, 7) is 3.58. The van der Waals surface area contributed by atoms with E-state index in [2.05, 4.69) is 24.4 Å². The molecule has 2 atom stereocenters. The maximum atomic E-state index is 11.9. The van der Waals surface area contributed by atoms with Gasteiger partial charge in [0.05, 0.1) is 6.10 Å². The van der Waals surface area contributed by atoms with Crippen molar-refractivity contribution in [3.8, 4) is 0 Å². The topological polar surface area (TPSA) is 52.6 Å². The molecule has 1 aliphatic carbocycles. The Bertz CT molecular complexity index is 540. The molecule has 0 spiro atoms. The number of nitrogens with one attached hydrogen (secondary N) is 1. The van der Waals surface area contributed by atoms with Gasteiger partial charge in [0.2, 0.25) is 5.91 Å². The van der Waals surface area contributed by atoms with Gasteiger partial charge in [-0.1, -0.05) is 25.0 Å². The molecular formula is C19H28N2O2. The van der Waals surface area contributed by atoms with Crippen molar-refractivity contribution in [1.29, 1.82) is 0 Å². The number of benzene rings is 1. The highest BCUT2D eigenvalue weighted by Crippen LogP contribution is 2.28. The van der Waals surface area contributed by atoms with Crippen molar-refractivity contribution in [2.45, 2.75) is 57.6 Å². The number of rotatable bonds is 6. The summed E-state index contributed by atoms with van der Waals surface area (Å²) in [4.78, 5) is 13.8. The fourth-order valence-electron chi connectivity index (χ4n) is 3.81. The van der Waals surface area contributed by atoms with E-state index in [1.54, 1.807) is 0 Å². The molecule has 1 aliphatic heterocycles. The van der Waals surface area contributed by atoms with Gasteiger partial charge in [-0.05, 0) is 49.8 Å². The lowest BCUT2D eigenvalue weighted by Gasteiger charge is -2.23. The van der Waals surface area contributed by atoms with Gasteiger partial charge in [0.25, 0.3) is 0 Å². The second-order valence-electron chi connectivity index (χ2n) is 6.99. The van der Waals surface area contributed by atoms with Crippen LogP contribution < -0.4 is 10.2 Å². The van der Waals surface area contributed by atoms with E-state index in [-0.39, 0.29) is 18.1 Å². The van der Waals surface area contributed by atoms with Crippen molar-refractivity contribution < 1.29 is 9.90 Å². The van der Waals surface area contributed by atoms with E-state index in [4.69, 9.17) is 0 Å². The van der Waals surface area contributed by atoms with Crippen LogP contribution in [0.3, 0.4) is 0 Å². The van der Waals surface area contributed by atoms with Crippen LogP contribution in [0.1, 0.15) is 57.1 Å². The number of anilines is 1. The van der Waals surface area contributed by atoms with Gasteiger partial charge in [-0.3, -0.25) is 4.79 Å². The van der Waals surface area contributed by atoms with Gasteiger partial charge < -0.3 is 15.3 Å². The SMILES string of the molecule is CC(NCC(O)C1CCCC1)c1cccc(N2CCCC2=O)c1. The standard InChI is InChI=1S/C19H28N2O2/c1-14(20-13-18(22)15-6-2-3-7-15)16-8-4-9-17(12-16)21-11-5-10-19(21)23/h4,8-9,12,14-15,18,20,22H,2-3,5-7,10-11,13H2,1H3. The molecule has 3 rings (SSSR count). The summed E-state index contributed by atoms with van der Waals surface area (Å²) in [5, 5.41) is 13.7. The number of aliphatic hydroxyl groups excluding tert-OH is 1. The van der Waals surface area contributed by atoms with Gasteiger partial charge >= 0.3 is 0 Å². The van der Waals surface area contributed by atoms with Crippen molar-refractivity contribution in [2.75, 3.05) is 18.0 Å². The molecule has 2 aliphatic rings. The molecule has 23 heavy (non-hydrogen) atoms. The monoisotopic (exact) mass is 316 g/mol. The molecular weight excluding hydrogens is 288 g/mol. The van der Waals surface area contributed by atoms with E-state index in [0.717, 1.165) is 31.5 Å². The summed E-state index contributed by atoms with van der Waals surface area (Å²) >= 11 is 0. The molecule has 4 heteroatoms. The third kappa shape index (κ3) is 3.93. The number of nitrogens with zero attached hydrogens (tertiary/aromatic N) is 1. The first kappa shape index (κ1) is 16.5. The molecule has 1 saturated heterocycles. The van der Waals surface area contributed by atoms with Crippen molar-refractivity contribution in [2.24, 2.45) is 5.92 Å². The van der Waals surface area contributed by atoms with Crippen molar-refractivity contribution in [3.63, 3.8) is 0 Å². The summed E-state index contributed by atoms with van der Waals surface area (Å²) in [5.41, 5.74) is 2.16. The third-order valence-electron chi connectivity index (χ3n) is 5.33. The molecule has 1 aromatic carbocycles. The first-order valence-corrected chi connectivity index (χ1v) is 8.97. The first-order chi connectivity index (χ1) is 11.1. The summed E-state index contributed by atoms with van der Waals surface area (Å²) in [6, 6.07) is 8.38. The largest absolute Gasteiger partial charge is 0.392 e. The minimum absolute atomic E-state index is 0.170. The van der Waals surface area contributed by atoms with Crippen LogP contribution in [0.5, 0.6) is 0 Å². The zero-order valence-corrected chi connectivity index (χ0v) is 14.0. The van der Waals surface area contributed by atoms with Crippen LogP contribution in [-0.2, 0) is 4.79 Å². The van der Waals surface area contributed by atoms with Crippen LogP contribution in [0.25, 0.3) is 0 Å². The molecule has 0 aromatic heterocycles. The van der Waals surface area contributed by atoms with Gasteiger partial charge in [0, 0.05) is 31.2 Å². The highest BCUT2D eigenvalue weighted by atomic mass is 16.3. The maximum Gasteiger partial charge on any atom is 0.227 e. The molecule has 2 fully saturated rings. The first-order valence-electron chi connectivity index (χ1n) is 8.97. The molecule has 0 bridgehead atoms. The summed E-state index contributed by atoms with van der Waals surface area (Å²) in [6.07, 6.45) is 6.18. The van der Waals surface area contributed by atoms with Gasteiger partial charge in [-0.2, -0.15) is 0 Å². The van der Waals surface area contributed by atoms with E-state index in [9.17, 15) is 9.90 Å². The van der Waals surface area contributed by atoms with E-state index >= 15 is 0 Å². The van der Waals surface area contributed by atoms with Crippen LogP contribution in [0.2, 0.25) is 0 Å². The molecule has 1 aromatic rings. The van der Waals surface area contributed by atoms with Gasteiger partial charge in [-0.15, -0.1) is 0 Å². The lowest BCUT2D eigenvalue weighted by atomic mass is 10.00. The molecule has 2 N–H and O–H groups in total. The van der Waals surface area contributed by atoms with Crippen molar-refractivity contribution >= 4 is 11.6 Å². The molecule has 1 saturated carbocycles. The Hall–Kier alpha value is -1.39. The number of hydrogen-bond donors (Lipinski definition) is 2. The Labute approximate surface area is 138 Å². The Morgan fingerprint density at radius 2 is 2.09 bits per heavy atom. The average Bonchev–Trinajstić information content (AvgIpc) is 3.24. The number of carbonyl (C=O) groups excluding carboxylic acids is 1. The maximum absolute atomic E-state index is 11.9. The zero-order chi connectivity index (χ0) is 16.2. The summed E-state index contributed by atoms with van der Waals surface area (Å²) < 4.78 is 0. The van der Waals surface area contributed by atoms with Gasteiger partial charge in [0.15, 0.2) is 0 Å². The summed E-state index contributed by atoms with van der Waals surface area (Å²) in [5.74, 6) is 0.683. The van der Waals surface area contributed by atoms with Crippen LogP contribution in [-0.4, -0.2) is 30.2 Å². The van der Waals surface area contributed by atoms with Crippen LogP contribution in [0, 0.1) is 5.92 Å². The number of amides is 1. The van der Waals surface area contributed by atoms with Crippen molar-refractivity contribution in [3.05, 3.63) is 29.8 Å². The zero-order valence-electron chi connectivity index (χ0n) is 14.0. The number of aliphatic hydroxyl groups is 1. The molecule has 1 amide bonds. The Balaban J connectivity index is 1.58. The predicted octanol–water partition coefficient (Wildman–Crippen LogP) is 3.02. The van der Waals surface area contributed by atoms with Gasteiger partial charge in [-0.25, -0.2) is 0 Å². The molecule has 126 valence electrons.